The Labute approximate surface area is 162 Å². The number of amides is 1. The first-order valence-corrected chi connectivity index (χ1v) is 9.20. The molecule has 1 fully saturated rings. The van der Waals surface area contributed by atoms with Gasteiger partial charge in [0.1, 0.15) is 5.01 Å². The normalized spacial score (nSPS) is 16.7. The van der Waals surface area contributed by atoms with Crippen molar-refractivity contribution in [1.82, 2.24) is 15.6 Å². The van der Waals surface area contributed by atoms with E-state index in [9.17, 15) is 4.79 Å². The first kappa shape index (κ1) is 23.6. The first-order valence-electron chi connectivity index (χ1n) is 8.32. The molecule has 1 saturated heterocycles. The van der Waals surface area contributed by atoms with E-state index < -0.39 is 0 Å². The zero-order chi connectivity index (χ0) is 16.2. The van der Waals surface area contributed by atoms with Gasteiger partial charge in [-0.05, 0) is 45.2 Å². The molecular formula is C17H31Cl2N3OS. The molecule has 1 aliphatic heterocycles. The Morgan fingerprint density at radius 3 is 2.54 bits per heavy atom. The number of nitrogens with zero attached hydrogens (tertiary/aromatic N) is 1. The van der Waals surface area contributed by atoms with Crippen LogP contribution < -0.4 is 10.6 Å². The molecule has 2 N–H and O–H groups in total. The van der Waals surface area contributed by atoms with Gasteiger partial charge in [0.25, 0.3) is 0 Å². The Hall–Kier alpha value is -0.360. The highest BCUT2D eigenvalue weighted by atomic mass is 35.5. The van der Waals surface area contributed by atoms with E-state index in [0.717, 1.165) is 30.2 Å². The lowest BCUT2D eigenvalue weighted by Gasteiger charge is -2.22. The monoisotopic (exact) mass is 395 g/mol. The molecule has 0 bridgehead atoms. The fraction of sp³-hybridized carbons (Fsp3) is 0.765. The van der Waals surface area contributed by atoms with E-state index in [1.165, 1.54) is 12.8 Å². The molecule has 1 atom stereocenters. The number of halogens is 2. The first-order chi connectivity index (χ1) is 10.4. The van der Waals surface area contributed by atoms with Gasteiger partial charge in [-0.25, -0.2) is 4.98 Å². The smallest absolute Gasteiger partial charge is 0.220 e. The highest BCUT2D eigenvalue weighted by Crippen LogP contribution is 2.27. The molecule has 4 nitrogen and oxygen atoms in total. The van der Waals surface area contributed by atoms with Crippen LogP contribution in [-0.4, -0.2) is 24.0 Å². The molecule has 0 aromatic carbocycles. The summed E-state index contributed by atoms with van der Waals surface area (Å²) < 4.78 is 0. The molecule has 2 rings (SSSR count). The van der Waals surface area contributed by atoms with Gasteiger partial charge in [0.2, 0.25) is 5.91 Å². The molecule has 1 aromatic rings. The maximum Gasteiger partial charge on any atom is 0.220 e. The van der Waals surface area contributed by atoms with Crippen molar-refractivity contribution in [3.05, 3.63) is 16.1 Å². The van der Waals surface area contributed by atoms with E-state index >= 15 is 0 Å². The number of nitrogens with one attached hydrogen (secondary N) is 2. The number of thiazole rings is 1. The largest absolute Gasteiger partial charge is 0.347 e. The van der Waals surface area contributed by atoms with Crippen LogP contribution in [0.5, 0.6) is 0 Å². The highest BCUT2D eigenvalue weighted by molar-refractivity contribution is 7.09. The van der Waals surface area contributed by atoms with Crippen molar-refractivity contribution < 1.29 is 4.79 Å². The number of aromatic nitrogens is 1. The summed E-state index contributed by atoms with van der Waals surface area (Å²) >= 11 is 1.64. The molecular weight excluding hydrogens is 365 g/mol. The summed E-state index contributed by atoms with van der Waals surface area (Å²) in [5.74, 6) is 0.855. The minimum atomic E-state index is 0. The zero-order valence-corrected chi connectivity index (χ0v) is 17.5. The topological polar surface area (TPSA) is 54.0 Å². The Balaban J connectivity index is 0.00000264. The van der Waals surface area contributed by atoms with E-state index in [4.69, 9.17) is 0 Å². The Bertz CT molecular complexity index is 496. The van der Waals surface area contributed by atoms with Gasteiger partial charge in [0.05, 0.1) is 11.7 Å². The average Bonchev–Trinajstić information content (AvgIpc) is 2.96. The zero-order valence-electron chi connectivity index (χ0n) is 15.1. The number of carbonyl (C=O) groups is 1. The van der Waals surface area contributed by atoms with Crippen molar-refractivity contribution >= 4 is 42.1 Å². The molecule has 24 heavy (non-hydrogen) atoms. The molecule has 7 heteroatoms. The quantitative estimate of drug-likeness (QED) is 0.783. The van der Waals surface area contributed by atoms with Crippen LogP contribution >= 0.6 is 36.2 Å². The van der Waals surface area contributed by atoms with Gasteiger partial charge in [-0.3, -0.25) is 4.79 Å². The van der Waals surface area contributed by atoms with Gasteiger partial charge in [-0.2, -0.15) is 0 Å². The van der Waals surface area contributed by atoms with Crippen molar-refractivity contribution in [2.75, 3.05) is 13.1 Å². The van der Waals surface area contributed by atoms with Crippen molar-refractivity contribution in [3.8, 4) is 0 Å². The van der Waals surface area contributed by atoms with E-state index in [0.29, 0.717) is 12.3 Å². The lowest BCUT2D eigenvalue weighted by Crippen LogP contribution is -2.30. The molecule has 0 radical (unpaired) electrons. The van der Waals surface area contributed by atoms with Crippen LogP contribution in [0.4, 0.5) is 0 Å². The van der Waals surface area contributed by atoms with Crippen molar-refractivity contribution in [1.29, 1.82) is 0 Å². The fourth-order valence-corrected chi connectivity index (χ4v) is 3.76. The molecule has 2 heterocycles. The Kier molecular flexibility index (Phi) is 10.4. The SMILES string of the molecule is CC(NC(=O)CCC1CCNCC1)c1nc(C(C)(C)C)cs1.Cl.Cl. The van der Waals surface area contributed by atoms with Gasteiger partial charge in [-0.15, -0.1) is 36.2 Å². The maximum atomic E-state index is 12.1. The molecule has 1 aromatic heterocycles. The van der Waals surface area contributed by atoms with E-state index in [-0.39, 0.29) is 42.2 Å². The van der Waals surface area contributed by atoms with Gasteiger partial charge >= 0.3 is 0 Å². The predicted molar refractivity (Wildman–Crippen MR) is 107 cm³/mol. The molecule has 1 amide bonds. The van der Waals surface area contributed by atoms with E-state index in [1.54, 1.807) is 11.3 Å². The fourth-order valence-electron chi connectivity index (χ4n) is 2.71. The number of piperidine rings is 1. The number of hydrogen-bond donors (Lipinski definition) is 2. The summed E-state index contributed by atoms with van der Waals surface area (Å²) in [6.07, 6.45) is 4.03. The van der Waals surface area contributed by atoms with Crippen molar-refractivity contribution in [2.45, 2.75) is 64.8 Å². The third kappa shape index (κ3) is 7.26. The van der Waals surface area contributed by atoms with E-state index in [1.807, 2.05) is 6.92 Å². The average molecular weight is 396 g/mol. The van der Waals surface area contributed by atoms with Crippen LogP contribution in [0.2, 0.25) is 0 Å². The van der Waals surface area contributed by atoms with Crippen LogP contribution in [0.15, 0.2) is 5.38 Å². The highest BCUT2D eigenvalue weighted by Gasteiger charge is 2.21. The second-order valence-electron chi connectivity index (χ2n) is 7.34. The molecule has 0 spiro atoms. The third-order valence-electron chi connectivity index (χ3n) is 4.28. The Morgan fingerprint density at radius 1 is 1.38 bits per heavy atom. The van der Waals surface area contributed by atoms with Crippen LogP contribution in [0.1, 0.15) is 70.1 Å². The summed E-state index contributed by atoms with van der Waals surface area (Å²) in [4.78, 5) is 16.8. The van der Waals surface area contributed by atoms with Crippen LogP contribution in [0.25, 0.3) is 0 Å². The molecule has 1 aliphatic rings. The predicted octanol–water partition coefficient (Wildman–Crippen LogP) is 4.24. The summed E-state index contributed by atoms with van der Waals surface area (Å²) in [6, 6.07) is 0.00150. The molecule has 140 valence electrons. The molecule has 1 unspecified atom stereocenters. The Morgan fingerprint density at radius 2 is 2.00 bits per heavy atom. The summed E-state index contributed by atoms with van der Waals surface area (Å²) in [6.45, 7) is 10.7. The number of hydrogen-bond acceptors (Lipinski definition) is 4. The van der Waals surface area contributed by atoms with Gasteiger partial charge in [-0.1, -0.05) is 20.8 Å². The maximum absolute atomic E-state index is 12.1. The lowest BCUT2D eigenvalue weighted by atomic mass is 9.93. The molecule has 0 saturated carbocycles. The van der Waals surface area contributed by atoms with Crippen LogP contribution in [0, 0.1) is 5.92 Å². The number of rotatable bonds is 5. The lowest BCUT2D eigenvalue weighted by molar-refractivity contribution is -0.122. The molecule has 0 aliphatic carbocycles. The second kappa shape index (κ2) is 10.6. The minimum Gasteiger partial charge on any atom is -0.347 e. The van der Waals surface area contributed by atoms with Gasteiger partial charge in [0.15, 0.2) is 0 Å². The van der Waals surface area contributed by atoms with Gasteiger partial charge < -0.3 is 10.6 Å². The minimum absolute atomic E-state index is 0. The summed E-state index contributed by atoms with van der Waals surface area (Å²) in [7, 11) is 0. The second-order valence-corrected chi connectivity index (χ2v) is 8.23. The van der Waals surface area contributed by atoms with Crippen LogP contribution in [0.3, 0.4) is 0 Å². The standard InChI is InChI=1S/C17H29N3OS.2ClH/c1-12(16-20-14(11-22-16)17(2,3)4)19-15(21)6-5-13-7-9-18-10-8-13;;/h11-13,18H,5-10H2,1-4H3,(H,19,21);2*1H. The third-order valence-corrected chi connectivity index (χ3v) is 5.30. The van der Waals surface area contributed by atoms with Gasteiger partial charge in [0, 0.05) is 17.2 Å². The van der Waals surface area contributed by atoms with E-state index in [2.05, 4.69) is 41.8 Å². The summed E-state index contributed by atoms with van der Waals surface area (Å²) in [5, 5.41) is 9.56. The van der Waals surface area contributed by atoms with Crippen LogP contribution in [-0.2, 0) is 10.2 Å². The van der Waals surface area contributed by atoms with Crippen molar-refractivity contribution in [2.24, 2.45) is 5.92 Å². The number of carbonyl (C=O) groups excluding carboxylic acids is 1. The summed E-state index contributed by atoms with van der Waals surface area (Å²) in [5.41, 5.74) is 1.16. The van der Waals surface area contributed by atoms with Crippen molar-refractivity contribution in [3.63, 3.8) is 0 Å².